The van der Waals surface area contributed by atoms with Gasteiger partial charge in [0.1, 0.15) is 17.1 Å². The first-order valence-electron chi connectivity index (χ1n) is 11.6. The summed E-state index contributed by atoms with van der Waals surface area (Å²) in [7, 11) is 0. The van der Waals surface area contributed by atoms with E-state index >= 15 is 0 Å². The maximum atomic E-state index is 12.9. The highest BCUT2D eigenvalue weighted by molar-refractivity contribution is 5.80. The summed E-state index contributed by atoms with van der Waals surface area (Å²) in [5.74, 6) is 1.18. The maximum absolute atomic E-state index is 12.9. The number of nitrogens with zero attached hydrogens (tertiary/aromatic N) is 2. The summed E-state index contributed by atoms with van der Waals surface area (Å²) >= 11 is 0. The lowest BCUT2D eigenvalue weighted by atomic mass is 10.0. The summed E-state index contributed by atoms with van der Waals surface area (Å²) in [6.45, 7) is 11.3. The van der Waals surface area contributed by atoms with Crippen molar-refractivity contribution in [3.05, 3.63) is 58.7 Å². The van der Waals surface area contributed by atoms with Gasteiger partial charge in [0.15, 0.2) is 6.29 Å². The van der Waals surface area contributed by atoms with Crippen molar-refractivity contribution >= 4 is 18.3 Å². The van der Waals surface area contributed by atoms with Crippen LogP contribution in [0.4, 0.5) is 4.79 Å². The first-order valence-corrected chi connectivity index (χ1v) is 11.6. The first-order chi connectivity index (χ1) is 16.1. The van der Waals surface area contributed by atoms with E-state index in [9.17, 15) is 14.4 Å². The Labute approximate surface area is 201 Å². The molecule has 1 heterocycles. The van der Waals surface area contributed by atoms with Crippen molar-refractivity contribution < 1.29 is 23.9 Å². The summed E-state index contributed by atoms with van der Waals surface area (Å²) in [6.07, 6.45) is 1.30. The second kappa shape index (κ2) is 10.7. The lowest BCUT2D eigenvalue weighted by Crippen LogP contribution is -2.51. The van der Waals surface area contributed by atoms with E-state index in [4.69, 9.17) is 9.47 Å². The maximum Gasteiger partial charge on any atom is 0.410 e. The van der Waals surface area contributed by atoms with E-state index in [1.165, 1.54) is 0 Å². The molecule has 0 unspecified atom stereocenters. The highest BCUT2D eigenvalue weighted by atomic mass is 16.6. The van der Waals surface area contributed by atoms with Gasteiger partial charge in [0, 0.05) is 32.6 Å². The molecular formula is C27H34N2O5. The van der Waals surface area contributed by atoms with Crippen molar-refractivity contribution in [2.75, 3.05) is 26.2 Å². The molecule has 0 atom stereocenters. The number of hydrogen-bond donors (Lipinski definition) is 0. The monoisotopic (exact) mass is 466 g/mol. The van der Waals surface area contributed by atoms with Crippen molar-refractivity contribution in [3.8, 4) is 11.5 Å². The number of carbonyl (C=O) groups is 3. The predicted molar refractivity (Wildman–Crippen MR) is 131 cm³/mol. The fraction of sp³-hybridized carbons (Fsp3) is 0.444. The molecule has 0 aliphatic carbocycles. The fourth-order valence-electron chi connectivity index (χ4n) is 3.84. The fourth-order valence-corrected chi connectivity index (χ4v) is 3.84. The van der Waals surface area contributed by atoms with Crippen molar-refractivity contribution in [1.82, 2.24) is 9.80 Å². The van der Waals surface area contributed by atoms with E-state index in [-0.39, 0.29) is 12.0 Å². The minimum Gasteiger partial charge on any atom is -0.456 e. The molecule has 1 fully saturated rings. The van der Waals surface area contributed by atoms with Crippen LogP contribution in [0.5, 0.6) is 11.5 Å². The van der Waals surface area contributed by atoms with Gasteiger partial charge in [0.2, 0.25) is 5.91 Å². The Morgan fingerprint density at radius 1 is 0.912 bits per heavy atom. The van der Waals surface area contributed by atoms with Crippen LogP contribution in [0.2, 0.25) is 0 Å². The summed E-state index contributed by atoms with van der Waals surface area (Å²) in [4.78, 5) is 40.0. The third-order valence-corrected chi connectivity index (χ3v) is 5.62. The molecule has 0 saturated carbocycles. The van der Waals surface area contributed by atoms with Gasteiger partial charge in [-0.2, -0.15) is 0 Å². The van der Waals surface area contributed by atoms with Crippen LogP contribution in [0.1, 0.15) is 54.2 Å². The Morgan fingerprint density at radius 2 is 1.50 bits per heavy atom. The van der Waals surface area contributed by atoms with Crippen LogP contribution in [-0.2, 0) is 16.0 Å². The molecule has 7 nitrogen and oxygen atoms in total. The minimum absolute atomic E-state index is 0.0419. The molecule has 34 heavy (non-hydrogen) atoms. The molecule has 1 saturated heterocycles. The number of carbonyl (C=O) groups excluding carboxylic acids is 3. The van der Waals surface area contributed by atoms with Crippen LogP contribution in [0, 0.1) is 13.8 Å². The number of rotatable bonds is 6. The molecule has 2 amide bonds. The standard InChI is InChI=1S/C27H34N2O5/c1-19-6-9-23(33-24-10-7-20(2)17-22(24)18-30)21(16-19)8-11-25(31)28-12-14-29(15-13-28)26(32)34-27(3,4)5/h6-7,9-10,16-18H,8,11-15H2,1-5H3. The van der Waals surface area contributed by atoms with Gasteiger partial charge >= 0.3 is 6.09 Å². The molecule has 2 aromatic carbocycles. The Balaban J connectivity index is 1.61. The van der Waals surface area contributed by atoms with Crippen LogP contribution in [0.25, 0.3) is 0 Å². The van der Waals surface area contributed by atoms with E-state index in [1.807, 2.05) is 58.9 Å². The van der Waals surface area contributed by atoms with Crippen molar-refractivity contribution in [1.29, 1.82) is 0 Å². The topological polar surface area (TPSA) is 76.2 Å². The molecule has 0 N–H and O–H groups in total. The molecule has 0 bridgehead atoms. The van der Waals surface area contributed by atoms with Gasteiger partial charge in [0.05, 0.1) is 5.56 Å². The SMILES string of the molecule is Cc1ccc(Oc2ccc(C)cc2CCC(=O)N2CCN(C(=O)OC(C)(C)C)CC2)c(C=O)c1. The number of hydrogen-bond acceptors (Lipinski definition) is 5. The highest BCUT2D eigenvalue weighted by Gasteiger charge is 2.27. The summed E-state index contributed by atoms with van der Waals surface area (Å²) < 4.78 is 11.5. The molecule has 1 aliphatic rings. The largest absolute Gasteiger partial charge is 0.456 e. The van der Waals surface area contributed by atoms with Gasteiger partial charge in [-0.15, -0.1) is 0 Å². The number of aldehydes is 1. The smallest absolute Gasteiger partial charge is 0.410 e. The molecule has 182 valence electrons. The normalized spacial score (nSPS) is 14.0. The molecule has 1 aliphatic heterocycles. The molecular weight excluding hydrogens is 432 g/mol. The summed E-state index contributed by atoms with van der Waals surface area (Å²) in [5, 5.41) is 0. The zero-order chi connectivity index (χ0) is 24.9. The molecule has 0 spiro atoms. The number of amides is 2. The molecule has 2 aromatic rings. The first kappa shape index (κ1) is 25.3. The number of benzene rings is 2. The van der Waals surface area contributed by atoms with E-state index in [1.54, 1.807) is 21.9 Å². The Bertz CT molecular complexity index is 1050. The van der Waals surface area contributed by atoms with Crippen LogP contribution < -0.4 is 4.74 Å². The van der Waals surface area contributed by atoms with Gasteiger partial charge in [-0.25, -0.2) is 4.79 Å². The molecule has 3 rings (SSSR count). The van der Waals surface area contributed by atoms with Crippen LogP contribution in [0.3, 0.4) is 0 Å². The van der Waals surface area contributed by atoms with Crippen LogP contribution in [0.15, 0.2) is 36.4 Å². The van der Waals surface area contributed by atoms with E-state index in [0.29, 0.717) is 56.1 Å². The minimum atomic E-state index is -0.539. The molecule has 7 heteroatoms. The van der Waals surface area contributed by atoms with Gasteiger partial charge in [-0.1, -0.05) is 29.3 Å². The van der Waals surface area contributed by atoms with Crippen molar-refractivity contribution in [3.63, 3.8) is 0 Å². The van der Waals surface area contributed by atoms with Gasteiger partial charge < -0.3 is 19.3 Å². The molecule has 0 radical (unpaired) electrons. The Hall–Kier alpha value is -3.35. The highest BCUT2D eigenvalue weighted by Crippen LogP contribution is 2.30. The van der Waals surface area contributed by atoms with E-state index < -0.39 is 5.60 Å². The zero-order valence-electron chi connectivity index (χ0n) is 20.7. The van der Waals surface area contributed by atoms with E-state index in [2.05, 4.69) is 0 Å². The second-order valence-electron chi connectivity index (χ2n) is 9.72. The van der Waals surface area contributed by atoms with Crippen molar-refractivity contribution in [2.24, 2.45) is 0 Å². The zero-order valence-corrected chi connectivity index (χ0v) is 20.7. The predicted octanol–water partition coefficient (Wildman–Crippen LogP) is 4.92. The quantitative estimate of drug-likeness (QED) is 0.565. The summed E-state index contributed by atoms with van der Waals surface area (Å²) in [5.41, 5.74) is 2.92. The molecule has 0 aromatic heterocycles. The van der Waals surface area contributed by atoms with Gasteiger partial charge in [-0.3, -0.25) is 9.59 Å². The third kappa shape index (κ3) is 6.83. The van der Waals surface area contributed by atoms with Crippen LogP contribution in [-0.4, -0.2) is 59.9 Å². The lowest BCUT2D eigenvalue weighted by Gasteiger charge is -2.35. The summed E-state index contributed by atoms with van der Waals surface area (Å²) in [6, 6.07) is 11.3. The average molecular weight is 467 g/mol. The van der Waals surface area contributed by atoms with Crippen LogP contribution >= 0.6 is 0 Å². The Morgan fingerprint density at radius 3 is 2.12 bits per heavy atom. The van der Waals surface area contributed by atoms with Gasteiger partial charge in [-0.05, 0) is 64.8 Å². The van der Waals surface area contributed by atoms with Crippen molar-refractivity contribution in [2.45, 2.75) is 53.1 Å². The van der Waals surface area contributed by atoms with E-state index in [0.717, 1.165) is 23.0 Å². The average Bonchev–Trinajstić information content (AvgIpc) is 2.78. The third-order valence-electron chi connectivity index (χ3n) is 5.62. The Kier molecular flexibility index (Phi) is 7.97. The number of aryl methyl sites for hydroxylation is 3. The second-order valence-corrected chi connectivity index (χ2v) is 9.72. The lowest BCUT2D eigenvalue weighted by molar-refractivity contribution is -0.132. The van der Waals surface area contributed by atoms with Gasteiger partial charge in [0.25, 0.3) is 0 Å². The number of piperazine rings is 1. The number of ether oxygens (including phenoxy) is 2.